The second-order valence-electron chi connectivity index (χ2n) is 3.10. The van der Waals surface area contributed by atoms with E-state index in [1.807, 2.05) is 0 Å². The molecule has 0 aliphatic rings. The minimum absolute atomic E-state index is 0.0267. The van der Waals surface area contributed by atoms with Crippen molar-refractivity contribution in [2.45, 2.75) is 13.3 Å². The highest BCUT2D eigenvalue weighted by Gasteiger charge is 2.33. The van der Waals surface area contributed by atoms with Crippen LogP contribution in [0.4, 0.5) is 13.2 Å². The van der Waals surface area contributed by atoms with Crippen molar-refractivity contribution in [1.29, 1.82) is 0 Å². The minimum atomic E-state index is -4.93. The molecular formula is C10H6BrF3O3. The Balaban J connectivity index is 3.37. The molecule has 0 amide bonds. The Morgan fingerprint density at radius 3 is 2.41 bits per heavy atom. The van der Waals surface area contributed by atoms with Gasteiger partial charge in [0.2, 0.25) is 0 Å². The zero-order valence-corrected chi connectivity index (χ0v) is 10.1. The Bertz CT molecular complexity index is 469. The summed E-state index contributed by atoms with van der Waals surface area (Å²) in [6.07, 6.45) is -4.57. The number of aldehydes is 1. The molecule has 0 aromatic heterocycles. The van der Waals surface area contributed by atoms with Crippen molar-refractivity contribution in [1.82, 2.24) is 0 Å². The Labute approximate surface area is 103 Å². The molecular weight excluding hydrogens is 305 g/mol. The molecule has 0 fully saturated rings. The highest BCUT2D eigenvalue weighted by molar-refractivity contribution is 9.10. The molecule has 0 N–H and O–H groups in total. The molecule has 0 saturated carbocycles. The van der Waals surface area contributed by atoms with Crippen molar-refractivity contribution in [3.05, 3.63) is 27.7 Å². The van der Waals surface area contributed by atoms with Gasteiger partial charge in [0, 0.05) is 10.0 Å². The number of rotatable bonds is 3. The summed E-state index contributed by atoms with van der Waals surface area (Å²) < 4.78 is 40.1. The average molecular weight is 311 g/mol. The molecule has 3 nitrogen and oxygen atoms in total. The number of ketones is 1. The lowest BCUT2D eigenvalue weighted by Gasteiger charge is -2.13. The molecule has 1 aromatic rings. The third-order valence-electron chi connectivity index (χ3n) is 1.79. The largest absolute Gasteiger partial charge is 0.573 e. The first-order valence-electron chi connectivity index (χ1n) is 4.30. The minimum Gasteiger partial charge on any atom is -0.405 e. The van der Waals surface area contributed by atoms with Crippen LogP contribution in [0.2, 0.25) is 0 Å². The Kier molecular flexibility index (Phi) is 3.92. The van der Waals surface area contributed by atoms with Gasteiger partial charge >= 0.3 is 6.36 Å². The maximum absolute atomic E-state index is 12.1. The Morgan fingerprint density at radius 1 is 1.41 bits per heavy atom. The molecule has 17 heavy (non-hydrogen) atoms. The molecule has 0 radical (unpaired) electrons. The van der Waals surface area contributed by atoms with Gasteiger partial charge in [-0.15, -0.1) is 13.2 Å². The fourth-order valence-corrected chi connectivity index (χ4v) is 1.96. The van der Waals surface area contributed by atoms with Crippen molar-refractivity contribution in [3.63, 3.8) is 0 Å². The molecule has 0 heterocycles. The van der Waals surface area contributed by atoms with Crippen LogP contribution in [0, 0.1) is 0 Å². The monoisotopic (exact) mass is 310 g/mol. The maximum Gasteiger partial charge on any atom is 0.573 e. The van der Waals surface area contributed by atoms with E-state index in [-0.39, 0.29) is 15.6 Å². The van der Waals surface area contributed by atoms with E-state index in [9.17, 15) is 22.8 Å². The topological polar surface area (TPSA) is 43.4 Å². The molecule has 0 bridgehead atoms. The van der Waals surface area contributed by atoms with E-state index < -0.39 is 17.9 Å². The Hall–Kier alpha value is -1.37. The van der Waals surface area contributed by atoms with E-state index in [4.69, 9.17) is 0 Å². The molecule has 0 spiro atoms. The number of benzene rings is 1. The van der Waals surface area contributed by atoms with Crippen molar-refractivity contribution < 1.29 is 27.5 Å². The standard InChI is InChI=1S/C10H6BrF3O3/c1-5(16)9-7(11)2-6(4-15)3-8(9)17-10(12,13)14/h2-4H,1H3. The summed E-state index contributed by atoms with van der Waals surface area (Å²) in [7, 11) is 0. The van der Waals surface area contributed by atoms with E-state index in [1.54, 1.807) is 0 Å². The van der Waals surface area contributed by atoms with Crippen LogP contribution in [0.15, 0.2) is 16.6 Å². The maximum atomic E-state index is 12.1. The van der Waals surface area contributed by atoms with Crippen molar-refractivity contribution in [2.24, 2.45) is 0 Å². The molecule has 0 aliphatic carbocycles. The van der Waals surface area contributed by atoms with Gasteiger partial charge in [-0.25, -0.2) is 0 Å². The van der Waals surface area contributed by atoms with Gasteiger partial charge in [-0.05, 0) is 35.0 Å². The summed E-state index contributed by atoms with van der Waals surface area (Å²) in [5.41, 5.74) is -0.283. The van der Waals surface area contributed by atoms with Crippen LogP contribution in [0.3, 0.4) is 0 Å². The van der Waals surface area contributed by atoms with E-state index >= 15 is 0 Å². The molecule has 0 saturated heterocycles. The zero-order valence-electron chi connectivity index (χ0n) is 8.47. The van der Waals surface area contributed by atoms with Gasteiger partial charge in [0.15, 0.2) is 5.78 Å². The quantitative estimate of drug-likeness (QED) is 0.635. The number of halogens is 4. The number of hydrogen-bond acceptors (Lipinski definition) is 3. The number of Topliss-reactive ketones (excluding diaryl/α,β-unsaturated/α-hetero) is 1. The predicted octanol–water partition coefficient (Wildman–Crippen LogP) is 3.36. The van der Waals surface area contributed by atoms with Gasteiger partial charge < -0.3 is 4.74 Å². The van der Waals surface area contributed by atoms with Crippen LogP contribution >= 0.6 is 15.9 Å². The first-order chi connectivity index (χ1) is 7.74. The van der Waals surface area contributed by atoms with Crippen LogP contribution in [0.1, 0.15) is 27.6 Å². The predicted molar refractivity (Wildman–Crippen MR) is 56.2 cm³/mol. The highest BCUT2D eigenvalue weighted by atomic mass is 79.9. The van der Waals surface area contributed by atoms with Crippen molar-refractivity contribution >= 4 is 28.0 Å². The van der Waals surface area contributed by atoms with Crippen LogP contribution in [-0.4, -0.2) is 18.4 Å². The summed E-state index contributed by atoms with van der Waals surface area (Å²) >= 11 is 2.92. The third kappa shape index (κ3) is 3.55. The van der Waals surface area contributed by atoms with Crippen LogP contribution in [0.25, 0.3) is 0 Å². The van der Waals surface area contributed by atoms with Crippen LogP contribution in [-0.2, 0) is 0 Å². The summed E-state index contributed by atoms with van der Waals surface area (Å²) in [6, 6.07) is 2.11. The van der Waals surface area contributed by atoms with E-state index in [0.717, 1.165) is 13.0 Å². The van der Waals surface area contributed by atoms with Crippen molar-refractivity contribution in [2.75, 3.05) is 0 Å². The van der Waals surface area contributed by atoms with Gasteiger partial charge in [0.25, 0.3) is 0 Å². The molecule has 0 unspecified atom stereocenters. The summed E-state index contributed by atoms with van der Waals surface area (Å²) in [4.78, 5) is 21.7. The highest BCUT2D eigenvalue weighted by Crippen LogP contribution is 2.32. The molecule has 0 aliphatic heterocycles. The molecule has 92 valence electrons. The molecule has 7 heteroatoms. The number of hydrogen-bond donors (Lipinski definition) is 0. The van der Waals surface area contributed by atoms with E-state index in [2.05, 4.69) is 20.7 Å². The molecule has 0 atom stereocenters. The number of carbonyl (C=O) groups is 2. The van der Waals surface area contributed by atoms with Gasteiger partial charge in [-0.1, -0.05) is 0 Å². The molecule has 1 rings (SSSR count). The third-order valence-corrected chi connectivity index (χ3v) is 2.42. The number of carbonyl (C=O) groups excluding carboxylic acids is 2. The summed E-state index contributed by atoms with van der Waals surface area (Å²) in [5, 5.41) is 0. The first kappa shape index (κ1) is 13.7. The van der Waals surface area contributed by atoms with Gasteiger partial charge in [-0.2, -0.15) is 0 Å². The summed E-state index contributed by atoms with van der Waals surface area (Å²) in [5.74, 6) is -1.30. The van der Waals surface area contributed by atoms with E-state index in [1.165, 1.54) is 6.07 Å². The summed E-state index contributed by atoms with van der Waals surface area (Å²) in [6.45, 7) is 1.10. The van der Waals surface area contributed by atoms with Crippen molar-refractivity contribution in [3.8, 4) is 5.75 Å². The fraction of sp³-hybridized carbons (Fsp3) is 0.200. The van der Waals surface area contributed by atoms with Gasteiger partial charge in [0.05, 0.1) is 5.56 Å². The second-order valence-corrected chi connectivity index (χ2v) is 3.95. The van der Waals surface area contributed by atoms with Gasteiger partial charge in [0.1, 0.15) is 12.0 Å². The second kappa shape index (κ2) is 4.87. The lowest BCUT2D eigenvalue weighted by atomic mass is 10.1. The first-order valence-corrected chi connectivity index (χ1v) is 5.09. The number of ether oxygens (including phenoxy) is 1. The normalized spacial score (nSPS) is 11.1. The average Bonchev–Trinajstić information content (AvgIpc) is 2.13. The van der Waals surface area contributed by atoms with Crippen LogP contribution in [0.5, 0.6) is 5.75 Å². The lowest BCUT2D eigenvalue weighted by Crippen LogP contribution is -2.19. The SMILES string of the molecule is CC(=O)c1c(Br)cc(C=O)cc1OC(F)(F)F. The van der Waals surface area contributed by atoms with Gasteiger partial charge in [-0.3, -0.25) is 9.59 Å². The lowest BCUT2D eigenvalue weighted by molar-refractivity contribution is -0.274. The molecule has 1 aromatic carbocycles. The fourth-order valence-electron chi connectivity index (χ4n) is 1.22. The van der Waals surface area contributed by atoms with E-state index in [0.29, 0.717) is 6.29 Å². The number of alkyl halides is 3. The Morgan fingerprint density at radius 2 is 2.00 bits per heavy atom. The van der Waals surface area contributed by atoms with Crippen LogP contribution < -0.4 is 4.74 Å². The zero-order chi connectivity index (χ0) is 13.2. The smallest absolute Gasteiger partial charge is 0.405 e.